The molecule has 1 amide bonds. The molecule has 1 aliphatic carbocycles. The highest BCUT2D eigenvalue weighted by Gasteiger charge is 2.25. The van der Waals surface area contributed by atoms with Crippen molar-refractivity contribution in [2.24, 2.45) is 7.05 Å². The summed E-state index contributed by atoms with van der Waals surface area (Å²) in [5.74, 6) is 0.473. The van der Waals surface area contributed by atoms with Crippen molar-refractivity contribution in [2.45, 2.75) is 37.8 Å². The predicted molar refractivity (Wildman–Crippen MR) is 92.2 cm³/mol. The lowest BCUT2D eigenvalue weighted by molar-refractivity contribution is 0.0879. The second-order valence-corrected chi connectivity index (χ2v) is 6.12. The van der Waals surface area contributed by atoms with Gasteiger partial charge in [-0.2, -0.15) is 5.10 Å². The Morgan fingerprint density at radius 1 is 1.15 bits per heavy atom. The van der Waals surface area contributed by atoms with Crippen LogP contribution >= 0.6 is 0 Å². The molecule has 0 radical (unpaired) electrons. The molecule has 1 fully saturated rings. The Bertz CT molecular complexity index is 830. The second-order valence-electron chi connectivity index (χ2n) is 6.12. The van der Waals surface area contributed by atoms with Gasteiger partial charge in [-0.25, -0.2) is 14.6 Å². The number of carbonyl (C=O) groups excluding carboxylic acids is 1. The molecule has 9 nitrogen and oxygen atoms in total. The maximum absolute atomic E-state index is 12.3. The Morgan fingerprint density at radius 2 is 1.85 bits per heavy atom. The average molecular weight is 359 g/mol. The lowest BCUT2D eigenvalue weighted by Gasteiger charge is -2.29. The van der Waals surface area contributed by atoms with E-state index in [9.17, 15) is 9.59 Å². The zero-order valence-corrected chi connectivity index (χ0v) is 14.7. The summed E-state index contributed by atoms with van der Waals surface area (Å²) in [5, 5.41) is 6.93. The van der Waals surface area contributed by atoms with Gasteiger partial charge in [-0.15, -0.1) is 0 Å². The van der Waals surface area contributed by atoms with Gasteiger partial charge in [0.15, 0.2) is 0 Å². The number of amides is 1. The molecule has 2 aromatic heterocycles. The summed E-state index contributed by atoms with van der Waals surface area (Å²) >= 11 is 0. The Kier molecular flexibility index (Phi) is 5.45. The molecular weight excluding hydrogens is 338 g/mol. The highest BCUT2D eigenvalue weighted by atomic mass is 16.5. The maximum atomic E-state index is 12.3. The largest absolute Gasteiger partial charge is 0.477 e. The highest BCUT2D eigenvalue weighted by molar-refractivity contribution is 5.92. The zero-order valence-electron chi connectivity index (χ0n) is 14.7. The lowest BCUT2D eigenvalue weighted by Crippen LogP contribution is -2.40. The topological polar surface area (TPSA) is 108 Å². The van der Waals surface area contributed by atoms with Crippen LogP contribution in [0.4, 0.5) is 0 Å². The second kappa shape index (κ2) is 7.94. The van der Waals surface area contributed by atoms with Crippen LogP contribution in [0.5, 0.6) is 11.8 Å². The first-order valence-corrected chi connectivity index (χ1v) is 8.43. The molecule has 0 saturated heterocycles. The van der Waals surface area contributed by atoms with Crippen molar-refractivity contribution in [3.8, 4) is 11.8 Å². The van der Waals surface area contributed by atoms with Gasteiger partial charge in [0, 0.05) is 31.5 Å². The van der Waals surface area contributed by atoms with Gasteiger partial charge in [0.2, 0.25) is 0 Å². The van der Waals surface area contributed by atoms with Gasteiger partial charge < -0.3 is 14.8 Å². The standard InChI is InChI=1S/C17H21N5O4/c1-22-14(23)8-7-13(21-22)15(24)20-11-3-5-12(6-4-11)26-17-16(25-2)18-9-10-19-17/h7-12H,3-6H2,1-2H3,(H,20,24). The third-order valence-electron chi connectivity index (χ3n) is 4.31. The Labute approximate surface area is 150 Å². The van der Waals surface area contributed by atoms with E-state index in [0.29, 0.717) is 11.8 Å². The lowest BCUT2D eigenvalue weighted by atomic mass is 9.93. The Hall–Kier alpha value is -2.97. The highest BCUT2D eigenvalue weighted by Crippen LogP contribution is 2.27. The smallest absolute Gasteiger partial charge is 0.278 e. The number of aromatic nitrogens is 4. The monoisotopic (exact) mass is 359 g/mol. The molecule has 0 aliphatic heterocycles. The summed E-state index contributed by atoms with van der Waals surface area (Å²) in [6.07, 6.45) is 6.24. The minimum atomic E-state index is -0.277. The van der Waals surface area contributed by atoms with Crippen molar-refractivity contribution < 1.29 is 14.3 Å². The number of nitrogens with one attached hydrogen (secondary N) is 1. The summed E-state index contributed by atoms with van der Waals surface area (Å²) in [7, 11) is 3.04. The van der Waals surface area contributed by atoms with Crippen LogP contribution in [-0.4, -0.2) is 44.9 Å². The normalized spacial score (nSPS) is 19.6. The van der Waals surface area contributed by atoms with Crippen molar-refractivity contribution >= 4 is 5.91 Å². The van der Waals surface area contributed by atoms with Crippen LogP contribution in [-0.2, 0) is 7.05 Å². The van der Waals surface area contributed by atoms with Crippen LogP contribution in [0.3, 0.4) is 0 Å². The van der Waals surface area contributed by atoms with Crippen LogP contribution in [0, 0.1) is 0 Å². The third kappa shape index (κ3) is 4.16. The summed E-state index contributed by atoms with van der Waals surface area (Å²) in [6.45, 7) is 0. The van der Waals surface area contributed by atoms with E-state index >= 15 is 0 Å². The number of ether oxygens (including phenoxy) is 2. The van der Waals surface area contributed by atoms with E-state index in [2.05, 4.69) is 20.4 Å². The van der Waals surface area contributed by atoms with Crippen LogP contribution in [0.2, 0.25) is 0 Å². The van der Waals surface area contributed by atoms with Gasteiger partial charge in [-0.05, 0) is 31.7 Å². The van der Waals surface area contributed by atoms with Crippen molar-refractivity contribution in [1.29, 1.82) is 0 Å². The quantitative estimate of drug-likeness (QED) is 0.837. The van der Waals surface area contributed by atoms with Gasteiger partial charge >= 0.3 is 0 Å². The number of nitrogens with zero attached hydrogens (tertiary/aromatic N) is 4. The summed E-state index contributed by atoms with van der Waals surface area (Å²) in [4.78, 5) is 31.8. The molecule has 0 bridgehead atoms. The van der Waals surface area contributed by atoms with Gasteiger partial charge in [-0.3, -0.25) is 9.59 Å². The predicted octanol–water partition coefficient (Wildman–Crippen LogP) is 0.699. The minimum Gasteiger partial charge on any atom is -0.477 e. The molecule has 26 heavy (non-hydrogen) atoms. The molecule has 0 aromatic carbocycles. The van der Waals surface area contributed by atoms with E-state index in [1.54, 1.807) is 12.4 Å². The number of methoxy groups -OCH3 is 1. The fraction of sp³-hybridized carbons (Fsp3) is 0.471. The maximum Gasteiger partial charge on any atom is 0.278 e. The molecule has 138 valence electrons. The molecule has 1 aliphatic rings. The van der Waals surface area contributed by atoms with E-state index in [-0.39, 0.29) is 29.3 Å². The molecule has 1 saturated carbocycles. The molecule has 1 N–H and O–H groups in total. The van der Waals surface area contributed by atoms with Gasteiger partial charge in [-0.1, -0.05) is 0 Å². The van der Waals surface area contributed by atoms with Crippen LogP contribution < -0.4 is 20.3 Å². The number of hydrogen-bond acceptors (Lipinski definition) is 7. The molecule has 0 unspecified atom stereocenters. The van der Waals surface area contributed by atoms with E-state index < -0.39 is 0 Å². The Morgan fingerprint density at radius 3 is 2.50 bits per heavy atom. The minimum absolute atomic E-state index is 0.00410. The first-order chi connectivity index (χ1) is 12.6. The van der Waals surface area contributed by atoms with E-state index in [4.69, 9.17) is 9.47 Å². The van der Waals surface area contributed by atoms with Crippen molar-refractivity contribution in [1.82, 2.24) is 25.1 Å². The van der Waals surface area contributed by atoms with E-state index in [1.165, 1.54) is 26.3 Å². The number of rotatable bonds is 5. The van der Waals surface area contributed by atoms with E-state index in [0.717, 1.165) is 30.4 Å². The van der Waals surface area contributed by atoms with Gasteiger partial charge in [0.1, 0.15) is 11.8 Å². The zero-order chi connectivity index (χ0) is 18.5. The SMILES string of the molecule is COc1nccnc1OC1CCC(NC(=O)c2ccc(=O)n(C)n2)CC1. The molecule has 2 aromatic rings. The summed E-state index contributed by atoms with van der Waals surface area (Å²) in [6, 6.07) is 2.82. The summed E-state index contributed by atoms with van der Waals surface area (Å²) < 4.78 is 12.2. The fourth-order valence-corrected chi connectivity index (χ4v) is 2.90. The fourth-order valence-electron chi connectivity index (χ4n) is 2.90. The van der Waals surface area contributed by atoms with Crippen LogP contribution in [0.1, 0.15) is 36.2 Å². The molecule has 0 spiro atoms. The van der Waals surface area contributed by atoms with Gasteiger partial charge in [0.05, 0.1) is 7.11 Å². The number of aryl methyl sites for hydroxylation is 1. The number of hydrogen-bond donors (Lipinski definition) is 1. The first-order valence-electron chi connectivity index (χ1n) is 8.43. The molecule has 0 atom stereocenters. The molecular formula is C17H21N5O4. The van der Waals surface area contributed by atoms with Crippen molar-refractivity contribution in [3.63, 3.8) is 0 Å². The number of carbonyl (C=O) groups is 1. The molecule has 2 heterocycles. The van der Waals surface area contributed by atoms with E-state index in [1.807, 2.05) is 0 Å². The molecule has 3 rings (SSSR count). The first kappa shape index (κ1) is 17.8. The molecule has 9 heteroatoms. The van der Waals surface area contributed by atoms with Crippen LogP contribution in [0.15, 0.2) is 29.3 Å². The van der Waals surface area contributed by atoms with Crippen LogP contribution in [0.25, 0.3) is 0 Å². The Balaban J connectivity index is 1.52. The van der Waals surface area contributed by atoms with Crippen molar-refractivity contribution in [3.05, 3.63) is 40.6 Å². The average Bonchev–Trinajstić information content (AvgIpc) is 2.66. The van der Waals surface area contributed by atoms with Crippen molar-refractivity contribution in [2.75, 3.05) is 7.11 Å². The third-order valence-corrected chi connectivity index (χ3v) is 4.31. The van der Waals surface area contributed by atoms with Gasteiger partial charge in [0.25, 0.3) is 23.2 Å². The summed E-state index contributed by atoms with van der Waals surface area (Å²) in [5.41, 5.74) is -0.0200.